The van der Waals surface area contributed by atoms with Crippen LogP contribution in [0.1, 0.15) is 36.0 Å². The van der Waals surface area contributed by atoms with E-state index in [1.165, 1.54) is 28.6 Å². The van der Waals surface area contributed by atoms with Gasteiger partial charge in [0, 0.05) is 24.6 Å². The maximum atomic E-state index is 12.9. The van der Waals surface area contributed by atoms with Crippen molar-refractivity contribution < 1.29 is 22.0 Å². The number of sulfonamides is 1. The molecule has 2 rings (SSSR count). The van der Waals surface area contributed by atoms with E-state index in [4.69, 9.17) is 0 Å². The standard InChI is InChI=1S/C15H19F2NO3S/c16-8-2-10-22(20,21)18-9-1-3-14(18)11-15(19)12-4-6-13(17)7-5-12/h4-7,14H,1-3,8-11H2/t14-/m1/s1. The first kappa shape index (κ1) is 17.0. The van der Waals surface area contributed by atoms with Gasteiger partial charge in [0.15, 0.2) is 5.78 Å². The average molecular weight is 331 g/mol. The van der Waals surface area contributed by atoms with Crippen molar-refractivity contribution >= 4 is 15.8 Å². The number of Topliss-reactive ketones (excluding diaryl/α,β-unsaturated/α-hetero) is 1. The van der Waals surface area contributed by atoms with Crippen LogP contribution in [-0.2, 0) is 10.0 Å². The first-order valence-corrected chi connectivity index (χ1v) is 8.89. The minimum absolute atomic E-state index is 0.0303. The maximum Gasteiger partial charge on any atom is 0.214 e. The molecule has 0 saturated carbocycles. The van der Waals surface area contributed by atoms with Crippen molar-refractivity contribution in [1.82, 2.24) is 4.31 Å². The Bertz CT molecular complexity index is 616. The lowest BCUT2D eigenvalue weighted by Gasteiger charge is -2.23. The average Bonchev–Trinajstić information content (AvgIpc) is 2.95. The molecule has 22 heavy (non-hydrogen) atoms. The van der Waals surface area contributed by atoms with Crippen LogP contribution in [-0.4, -0.2) is 43.5 Å². The molecule has 1 aromatic rings. The first-order valence-electron chi connectivity index (χ1n) is 7.28. The van der Waals surface area contributed by atoms with Crippen molar-refractivity contribution in [3.63, 3.8) is 0 Å². The van der Waals surface area contributed by atoms with Gasteiger partial charge in [0.05, 0.1) is 12.4 Å². The Morgan fingerprint density at radius 1 is 1.27 bits per heavy atom. The summed E-state index contributed by atoms with van der Waals surface area (Å²) in [5.74, 6) is -0.865. The summed E-state index contributed by atoms with van der Waals surface area (Å²) in [6.45, 7) is -0.303. The smallest absolute Gasteiger partial charge is 0.214 e. The van der Waals surface area contributed by atoms with Gasteiger partial charge in [-0.3, -0.25) is 9.18 Å². The van der Waals surface area contributed by atoms with Crippen LogP contribution in [0.4, 0.5) is 8.78 Å². The molecular weight excluding hydrogens is 312 g/mol. The van der Waals surface area contributed by atoms with Gasteiger partial charge in [0.1, 0.15) is 5.82 Å². The van der Waals surface area contributed by atoms with Gasteiger partial charge in [-0.1, -0.05) is 0 Å². The van der Waals surface area contributed by atoms with E-state index in [1.54, 1.807) is 0 Å². The summed E-state index contributed by atoms with van der Waals surface area (Å²) in [5.41, 5.74) is 0.370. The number of alkyl halides is 1. The Balaban J connectivity index is 2.05. The highest BCUT2D eigenvalue weighted by atomic mass is 32.2. The van der Waals surface area contributed by atoms with Crippen molar-refractivity contribution in [2.24, 2.45) is 0 Å². The summed E-state index contributed by atoms with van der Waals surface area (Å²) in [4.78, 5) is 12.2. The summed E-state index contributed by atoms with van der Waals surface area (Å²) < 4.78 is 50.7. The van der Waals surface area contributed by atoms with Crippen LogP contribution < -0.4 is 0 Å². The lowest BCUT2D eigenvalue weighted by atomic mass is 10.0. The molecule has 122 valence electrons. The van der Waals surface area contributed by atoms with E-state index < -0.39 is 22.5 Å². The third-order valence-electron chi connectivity index (χ3n) is 3.80. The number of benzene rings is 1. The Morgan fingerprint density at radius 3 is 2.59 bits per heavy atom. The van der Waals surface area contributed by atoms with E-state index in [0.717, 1.165) is 0 Å². The Labute approximate surface area is 129 Å². The highest BCUT2D eigenvalue weighted by Crippen LogP contribution is 2.25. The molecule has 1 atom stereocenters. The normalized spacial score (nSPS) is 19.5. The largest absolute Gasteiger partial charge is 0.294 e. The van der Waals surface area contributed by atoms with Crippen molar-refractivity contribution in [2.45, 2.75) is 31.7 Å². The van der Waals surface area contributed by atoms with E-state index in [0.29, 0.717) is 24.9 Å². The number of carbonyl (C=O) groups is 1. The SMILES string of the molecule is O=C(C[C@H]1CCCN1S(=O)(=O)CCCF)c1ccc(F)cc1. The molecule has 1 saturated heterocycles. The van der Waals surface area contributed by atoms with E-state index in [-0.39, 0.29) is 30.4 Å². The summed E-state index contributed by atoms with van der Waals surface area (Å²) >= 11 is 0. The van der Waals surface area contributed by atoms with Crippen LogP contribution in [0.2, 0.25) is 0 Å². The third-order valence-corrected chi connectivity index (χ3v) is 5.80. The predicted molar refractivity (Wildman–Crippen MR) is 79.5 cm³/mol. The van der Waals surface area contributed by atoms with Gasteiger partial charge in [-0.25, -0.2) is 12.8 Å². The van der Waals surface area contributed by atoms with Crippen molar-refractivity contribution in [3.8, 4) is 0 Å². The number of carbonyl (C=O) groups excluding carboxylic acids is 1. The van der Waals surface area contributed by atoms with Gasteiger partial charge in [-0.2, -0.15) is 4.31 Å². The Morgan fingerprint density at radius 2 is 1.95 bits per heavy atom. The zero-order valence-corrected chi connectivity index (χ0v) is 13.0. The topological polar surface area (TPSA) is 54.5 Å². The predicted octanol–water partition coefficient (Wildman–Crippen LogP) is 2.55. The molecule has 0 aromatic heterocycles. The molecule has 0 amide bonds. The number of halogens is 2. The van der Waals surface area contributed by atoms with Crippen LogP contribution in [0.5, 0.6) is 0 Å². The molecule has 7 heteroatoms. The molecular formula is C15H19F2NO3S. The summed E-state index contributed by atoms with van der Waals surface area (Å²) in [5, 5.41) is 0. The van der Waals surface area contributed by atoms with Crippen LogP contribution in [0, 0.1) is 5.82 Å². The third kappa shape index (κ3) is 4.10. The molecule has 0 spiro atoms. The molecule has 0 unspecified atom stereocenters. The second-order valence-corrected chi connectivity index (χ2v) is 7.44. The summed E-state index contributed by atoms with van der Waals surface area (Å²) in [6.07, 6.45) is 1.34. The second kappa shape index (κ2) is 7.28. The fraction of sp³-hybridized carbons (Fsp3) is 0.533. The fourth-order valence-electron chi connectivity index (χ4n) is 2.70. The van der Waals surface area contributed by atoms with E-state index in [1.807, 2.05) is 0 Å². The molecule has 0 aliphatic carbocycles. The molecule has 0 N–H and O–H groups in total. The molecule has 1 aliphatic rings. The van der Waals surface area contributed by atoms with Gasteiger partial charge in [0.25, 0.3) is 0 Å². The zero-order valence-electron chi connectivity index (χ0n) is 12.2. The maximum absolute atomic E-state index is 12.9. The highest BCUT2D eigenvalue weighted by molar-refractivity contribution is 7.89. The summed E-state index contributed by atoms with van der Waals surface area (Å²) in [7, 11) is -3.52. The molecule has 0 radical (unpaired) electrons. The van der Waals surface area contributed by atoms with Crippen molar-refractivity contribution in [1.29, 1.82) is 0 Å². The van der Waals surface area contributed by atoms with Crippen molar-refractivity contribution in [3.05, 3.63) is 35.6 Å². The van der Waals surface area contributed by atoms with Crippen molar-refractivity contribution in [2.75, 3.05) is 19.0 Å². The molecule has 1 aromatic carbocycles. The summed E-state index contributed by atoms with van der Waals surface area (Å²) in [6, 6.07) is 4.82. The number of hydrogen-bond acceptors (Lipinski definition) is 3. The van der Waals surface area contributed by atoms with Crippen LogP contribution in [0.3, 0.4) is 0 Å². The van der Waals surface area contributed by atoms with Gasteiger partial charge in [-0.15, -0.1) is 0 Å². The minimum Gasteiger partial charge on any atom is -0.294 e. The minimum atomic E-state index is -3.52. The van der Waals surface area contributed by atoms with Crippen LogP contribution in [0.25, 0.3) is 0 Å². The van der Waals surface area contributed by atoms with Gasteiger partial charge >= 0.3 is 0 Å². The number of rotatable bonds is 7. The zero-order chi connectivity index (χ0) is 16.2. The van der Waals surface area contributed by atoms with E-state index in [2.05, 4.69) is 0 Å². The highest BCUT2D eigenvalue weighted by Gasteiger charge is 2.35. The van der Waals surface area contributed by atoms with E-state index >= 15 is 0 Å². The van der Waals surface area contributed by atoms with Crippen LogP contribution in [0.15, 0.2) is 24.3 Å². The molecule has 0 bridgehead atoms. The first-order chi connectivity index (χ1) is 10.4. The monoisotopic (exact) mass is 331 g/mol. The van der Waals surface area contributed by atoms with Crippen LogP contribution >= 0.6 is 0 Å². The number of ketones is 1. The number of nitrogens with zero attached hydrogens (tertiary/aromatic N) is 1. The quantitative estimate of drug-likeness (QED) is 0.722. The molecule has 4 nitrogen and oxygen atoms in total. The van der Waals surface area contributed by atoms with Gasteiger partial charge < -0.3 is 0 Å². The molecule has 1 heterocycles. The van der Waals surface area contributed by atoms with Gasteiger partial charge in [0.2, 0.25) is 10.0 Å². The molecule has 1 aliphatic heterocycles. The Hall–Kier alpha value is -1.34. The van der Waals surface area contributed by atoms with E-state index in [9.17, 15) is 22.0 Å². The Kier molecular flexibility index (Phi) is 5.63. The molecule has 1 fully saturated rings. The van der Waals surface area contributed by atoms with Gasteiger partial charge in [-0.05, 0) is 43.5 Å². The second-order valence-electron chi connectivity index (χ2n) is 5.40. The lowest BCUT2D eigenvalue weighted by molar-refractivity contribution is 0.0961. The fourth-order valence-corrected chi connectivity index (χ4v) is 4.45. The lowest BCUT2D eigenvalue weighted by Crippen LogP contribution is -2.38. The number of hydrogen-bond donors (Lipinski definition) is 0.